The summed E-state index contributed by atoms with van der Waals surface area (Å²) >= 11 is 1.09. The van der Waals surface area contributed by atoms with Crippen LogP contribution in [0.4, 0.5) is 13.2 Å². The molecule has 2 rings (SSSR count). The van der Waals surface area contributed by atoms with E-state index >= 15 is 0 Å². The van der Waals surface area contributed by atoms with Crippen LogP contribution in [0, 0.1) is 11.3 Å². The Labute approximate surface area is 131 Å². The fourth-order valence-electron chi connectivity index (χ4n) is 1.73. The molecule has 0 radical (unpaired) electrons. The first-order chi connectivity index (χ1) is 10.7. The summed E-state index contributed by atoms with van der Waals surface area (Å²) in [5, 5.41) is 18.7. The highest BCUT2D eigenvalue weighted by atomic mass is 32.2. The molecule has 0 aliphatic carbocycles. The van der Waals surface area contributed by atoms with Crippen LogP contribution >= 0.6 is 11.8 Å². The molecule has 0 bridgehead atoms. The van der Waals surface area contributed by atoms with E-state index in [1.54, 1.807) is 12.3 Å². The predicted molar refractivity (Wildman–Crippen MR) is 75.1 cm³/mol. The molecule has 0 aliphatic rings. The van der Waals surface area contributed by atoms with Crippen LogP contribution in [-0.4, -0.2) is 27.7 Å². The van der Waals surface area contributed by atoms with Gasteiger partial charge in [-0.1, -0.05) is 11.8 Å². The lowest BCUT2D eigenvalue weighted by atomic mass is 10.1. The first kappa shape index (κ1) is 16.7. The minimum Gasteiger partial charge on any atom is -0.504 e. The number of aromatic amines is 1. The molecule has 0 aliphatic heterocycles. The number of nitrogens with one attached hydrogen (secondary N) is 1. The molecule has 0 unspecified atom stereocenters. The van der Waals surface area contributed by atoms with Crippen molar-refractivity contribution >= 4 is 11.8 Å². The lowest BCUT2D eigenvalue weighted by Crippen LogP contribution is -2.17. The maximum Gasteiger partial charge on any atom is 0.573 e. The summed E-state index contributed by atoms with van der Waals surface area (Å²) in [4.78, 5) is 18.2. The van der Waals surface area contributed by atoms with Gasteiger partial charge in [0.1, 0.15) is 11.6 Å². The minimum atomic E-state index is -5.00. The number of hydrogen-bond acceptors (Lipinski definition) is 6. The molecule has 10 heteroatoms. The van der Waals surface area contributed by atoms with Crippen molar-refractivity contribution < 1.29 is 23.0 Å². The molecule has 0 saturated heterocycles. The van der Waals surface area contributed by atoms with Gasteiger partial charge in [0.15, 0.2) is 16.7 Å². The summed E-state index contributed by atoms with van der Waals surface area (Å²) in [5.41, 5.74) is -1.15. The van der Waals surface area contributed by atoms with Crippen LogP contribution in [-0.2, 0) is 0 Å². The topological polar surface area (TPSA) is 99.0 Å². The summed E-state index contributed by atoms with van der Waals surface area (Å²) in [6.45, 7) is 0. The van der Waals surface area contributed by atoms with Gasteiger partial charge in [-0.15, -0.1) is 13.2 Å². The van der Waals surface area contributed by atoms with E-state index < -0.39 is 23.4 Å². The Bertz CT molecular complexity index is 843. The number of ether oxygens (including phenoxy) is 1. The van der Waals surface area contributed by atoms with E-state index in [1.807, 2.05) is 0 Å². The van der Waals surface area contributed by atoms with Crippen molar-refractivity contribution in [2.24, 2.45) is 0 Å². The molecule has 2 N–H and O–H groups in total. The molecule has 1 aromatic carbocycles. The second-order valence-corrected chi connectivity index (χ2v) is 4.94. The average Bonchev–Trinajstić information content (AvgIpc) is 2.47. The maximum atomic E-state index is 12.3. The molecular weight excluding hydrogens is 335 g/mol. The molecule has 120 valence electrons. The third-order valence-corrected chi connectivity index (χ3v) is 3.24. The SMILES string of the molecule is CSc1nc(-c2ccc(O)c(OC(F)(F)F)c2)c(C#N)c(=O)[nH]1. The maximum absolute atomic E-state index is 12.3. The van der Waals surface area contributed by atoms with Crippen molar-refractivity contribution in [1.82, 2.24) is 9.97 Å². The first-order valence-electron chi connectivity index (χ1n) is 5.92. The number of thioether (sulfide) groups is 1. The Hall–Kier alpha value is -2.67. The van der Waals surface area contributed by atoms with Crippen LogP contribution in [0.15, 0.2) is 28.2 Å². The Balaban J connectivity index is 2.64. The fraction of sp³-hybridized carbons (Fsp3) is 0.154. The molecule has 0 amide bonds. The summed E-state index contributed by atoms with van der Waals surface area (Å²) < 4.78 is 40.7. The predicted octanol–water partition coefficient (Wildman–Crippen LogP) is 2.63. The number of benzene rings is 1. The van der Waals surface area contributed by atoms with Gasteiger partial charge >= 0.3 is 6.36 Å². The van der Waals surface area contributed by atoms with Crippen molar-refractivity contribution in [3.05, 3.63) is 34.1 Å². The zero-order valence-electron chi connectivity index (χ0n) is 11.4. The Morgan fingerprint density at radius 1 is 1.43 bits per heavy atom. The monoisotopic (exact) mass is 343 g/mol. The van der Waals surface area contributed by atoms with Gasteiger partial charge < -0.3 is 14.8 Å². The second-order valence-electron chi connectivity index (χ2n) is 4.14. The number of halogens is 3. The number of rotatable bonds is 3. The van der Waals surface area contributed by atoms with Crippen LogP contribution in [0.1, 0.15) is 5.56 Å². The van der Waals surface area contributed by atoms with Crippen LogP contribution in [0.25, 0.3) is 11.3 Å². The summed E-state index contributed by atoms with van der Waals surface area (Å²) in [7, 11) is 0. The highest BCUT2D eigenvalue weighted by Crippen LogP contribution is 2.35. The summed E-state index contributed by atoms with van der Waals surface area (Å²) in [5.74, 6) is -1.59. The normalized spacial score (nSPS) is 11.1. The van der Waals surface area contributed by atoms with Gasteiger partial charge in [-0.3, -0.25) is 4.79 Å². The molecule has 0 spiro atoms. The zero-order valence-corrected chi connectivity index (χ0v) is 12.2. The number of hydrogen-bond donors (Lipinski definition) is 2. The van der Waals surface area contributed by atoms with E-state index in [-0.39, 0.29) is 22.0 Å². The van der Waals surface area contributed by atoms with Crippen molar-refractivity contribution in [3.63, 3.8) is 0 Å². The molecule has 0 fully saturated rings. The van der Waals surface area contributed by atoms with Crippen LogP contribution < -0.4 is 10.3 Å². The summed E-state index contributed by atoms with van der Waals surface area (Å²) in [6, 6.07) is 4.70. The molecule has 6 nitrogen and oxygen atoms in total. The van der Waals surface area contributed by atoms with Gasteiger partial charge in [0.2, 0.25) is 0 Å². The molecule has 23 heavy (non-hydrogen) atoms. The number of aromatic nitrogens is 2. The first-order valence-corrected chi connectivity index (χ1v) is 7.15. The van der Waals surface area contributed by atoms with Crippen molar-refractivity contribution in [2.45, 2.75) is 11.5 Å². The second kappa shape index (κ2) is 6.21. The quantitative estimate of drug-likeness (QED) is 0.657. The average molecular weight is 343 g/mol. The van der Waals surface area contributed by atoms with Crippen LogP contribution in [0.2, 0.25) is 0 Å². The number of H-pyrrole nitrogens is 1. The zero-order chi connectivity index (χ0) is 17.2. The van der Waals surface area contributed by atoms with Crippen LogP contribution in [0.3, 0.4) is 0 Å². The van der Waals surface area contributed by atoms with E-state index in [0.29, 0.717) is 0 Å². The van der Waals surface area contributed by atoms with E-state index in [4.69, 9.17) is 5.26 Å². The molecule has 0 saturated carbocycles. The standard InChI is InChI=1S/C13H8F3N3O3S/c1-23-12-18-10(7(5-17)11(21)19-12)6-2-3-8(20)9(4-6)22-13(14,15)16/h2-4,20H,1H3,(H,18,19,21). The van der Waals surface area contributed by atoms with Gasteiger partial charge in [-0.25, -0.2) is 4.98 Å². The van der Waals surface area contributed by atoms with E-state index in [1.165, 1.54) is 6.07 Å². The third kappa shape index (κ3) is 3.75. The molecule has 0 atom stereocenters. The van der Waals surface area contributed by atoms with E-state index in [0.717, 1.165) is 23.9 Å². The minimum absolute atomic E-state index is 0.0278. The van der Waals surface area contributed by atoms with Gasteiger partial charge in [0, 0.05) is 5.56 Å². The van der Waals surface area contributed by atoms with Gasteiger partial charge in [0.25, 0.3) is 5.56 Å². The molecule has 1 heterocycles. The van der Waals surface area contributed by atoms with E-state index in [9.17, 15) is 23.1 Å². The fourth-order valence-corrected chi connectivity index (χ4v) is 2.11. The van der Waals surface area contributed by atoms with Crippen molar-refractivity contribution in [1.29, 1.82) is 5.26 Å². The van der Waals surface area contributed by atoms with Gasteiger partial charge in [-0.05, 0) is 24.5 Å². The number of nitriles is 1. The lowest BCUT2D eigenvalue weighted by molar-refractivity contribution is -0.275. The number of phenols is 1. The van der Waals surface area contributed by atoms with Gasteiger partial charge in [0.05, 0.1) is 5.69 Å². The Kier molecular flexibility index (Phi) is 4.51. The Morgan fingerprint density at radius 3 is 2.70 bits per heavy atom. The smallest absolute Gasteiger partial charge is 0.504 e. The van der Waals surface area contributed by atoms with Crippen LogP contribution in [0.5, 0.6) is 11.5 Å². The number of phenolic OH excluding ortho intramolecular Hbond substituents is 1. The molecular formula is C13H8F3N3O3S. The van der Waals surface area contributed by atoms with Gasteiger partial charge in [-0.2, -0.15) is 5.26 Å². The number of nitrogens with zero attached hydrogens (tertiary/aromatic N) is 2. The summed E-state index contributed by atoms with van der Waals surface area (Å²) in [6.07, 6.45) is -3.37. The lowest BCUT2D eigenvalue weighted by Gasteiger charge is -2.12. The number of aromatic hydroxyl groups is 1. The van der Waals surface area contributed by atoms with E-state index in [2.05, 4.69) is 14.7 Å². The molecule has 2 aromatic rings. The largest absolute Gasteiger partial charge is 0.573 e. The highest BCUT2D eigenvalue weighted by molar-refractivity contribution is 7.98. The highest BCUT2D eigenvalue weighted by Gasteiger charge is 2.32. The molecule has 1 aromatic heterocycles. The Morgan fingerprint density at radius 2 is 2.13 bits per heavy atom. The third-order valence-electron chi connectivity index (χ3n) is 2.66. The van der Waals surface area contributed by atoms with Crippen molar-refractivity contribution in [3.8, 4) is 28.8 Å². The van der Waals surface area contributed by atoms with Crippen molar-refractivity contribution in [2.75, 3.05) is 6.26 Å². The number of alkyl halides is 3.